The molecule has 2 unspecified atom stereocenters. The summed E-state index contributed by atoms with van der Waals surface area (Å²) in [6, 6.07) is -1.17. The molecule has 5 heteroatoms. The number of nitrogens with two attached hydrogens (primary N) is 1. The molecule has 4 N–H and O–H groups in total. The van der Waals surface area contributed by atoms with E-state index in [2.05, 4.69) is 0 Å². The number of carbonyl (C=O) groups excluding carboxylic acids is 1. The minimum atomic E-state index is -1.27. The number of carbonyl (C=O) groups is 2. The van der Waals surface area contributed by atoms with Crippen molar-refractivity contribution in [2.24, 2.45) is 5.73 Å². The molecular formula is C5H9NO4. The maximum atomic E-state index is 10.00. The van der Waals surface area contributed by atoms with Crippen LogP contribution in [0.1, 0.15) is 6.42 Å². The van der Waals surface area contributed by atoms with E-state index in [1.54, 1.807) is 0 Å². The zero-order valence-corrected chi connectivity index (χ0v) is 5.23. The van der Waals surface area contributed by atoms with Crippen LogP contribution in [0.4, 0.5) is 0 Å². The van der Waals surface area contributed by atoms with Gasteiger partial charge in [-0.2, -0.15) is 0 Å². The standard InChI is InChI=1S/C5H9NO4/c6-4(5(9)10)1-3(8)2-7/h2-4,8H,1,6H2,(H,9,10). The summed E-state index contributed by atoms with van der Waals surface area (Å²) in [6.45, 7) is 0. The van der Waals surface area contributed by atoms with Gasteiger partial charge in [0.05, 0.1) is 0 Å². The lowest BCUT2D eigenvalue weighted by molar-refractivity contribution is -0.139. The summed E-state index contributed by atoms with van der Waals surface area (Å²) in [7, 11) is 0. The van der Waals surface area contributed by atoms with E-state index in [0.29, 0.717) is 0 Å². The fourth-order valence-corrected chi connectivity index (χ4v) is 0.417. The third-order valence-electron chi connectivity index (χ3n) is 0.970. The quantitative estimate of drug-likeness (QED) is 0.413. The van der Waals surface area contributed by atoms with Gasteiger partial charge in [-0.1, -0.05) is 0 Å². The summed E-state index contributed by atoms with van der Waals surface area (Å²) in [5.74, 6) is -1.22. The Morgan fingerprint density at radius 1 is 1.70 bits per heavy atom. The zero-order valence-electron chi connectivity index (χ0n) is 5.23. The first-order valence-electron chi connectivity index (χ1n) is 2.69. The van der Waals surface area contributed by atoms with Gasteiger partial charge in [-0.25, -0.2) is 0 Å². The maximum Gasteiger partial charge on any atom is 0.320 e. The van der Waals surface area contributed by atoms with Gasteiger partial charge in [0.25, 0.3) is 0 Å². The van der Waals surface area contributed by atoms with Crippen LogP contribution in [0.5, 0.6) is 0 Å². The molecule has 58 valence electrons. The minimum Gasteiger partial charge on any atom is -0.480 e. The Morgan fingerprint density at radius 3 is 2.50 bits per heavy atom. The van der Waals surface area contributed by atoms with E-state index in [0.717, 1.165) is 0 Å². The van der Waals surface area contributed by atoms with E-state index < -0.39 is 18.1 Å². The molecule has 0 amide bonds. The fraction of sp³-hybridized carbons (Fsp3) is 0.600. The number of carboxylic acid groups (broad SMARTS) is 1. The third kappa shape index (κ3) is 3.16. The van der Waals surface area contributed by atoms with Crippen LogP contribution in [-0.4, -0.2) is 34.6 Å². The summed E-state index contributed by atoms with van der Waals surface area (Å²) in [4.78, 5) is 19.8. The van der Waals surface area contributed by atoms with Gasteiger partial charge < -0.3 is 20.7 Å². The smallest absolute Gasteiger partial charge is 0.320 e. The molecule has 2 atom stereocenters. The lowest BCUT2D eigenvalue weighted by atomic mass is 10.1. The van der Waals surface area contributed by atoms with Crippen LogP contribution in [0.3, 0.4) is 0 Å². The van der Waals surface area contributed by atoms with Crippen molar-refractivity contribution < 1.29 is 19.8 Å². The van der Waals surface area contributed by atoms with Crippen molar-refractivity contribution in [2.75, 3.05) is 0 Å². The second-order valence-electron chi connectivity index (χ2n) is 1.88. The van der Waals surface area contributed by atoms with E-state index in [1.807, 2.05) is 0 Å². The van der Waals surface area contributed by atoms with Crippen LogP contribution >= 0.6 is 0 Å². The number of hydrogen-bond donors (Lipinski definition) is 3. The molecule has 0 saturated carbocycles. The Morgan fingerprint density at radius 2 is 2.20 bits per heavy atom. The first kappa shape index (κ1) is 9.06. The summed E-state index contributed by atoms with van der Waals surface area (Å²) in [5.41, 5.74) is 4.97. The average Bonchev–Trinajstić information content (AvgIpc) is 1.87. The summed E-state index contributed by atoms with van der Waals surface area (Å²) in [5, 5.41) is 16.7. The lowest BCUT2D eigenvalue weighted by Crippen LogP contribution is -2.34. The van der Waals surface area contributed by atoms with Gasteiger partial charge in [0.2, 0.25) is 0 Å². The van der Waals surface area contributed by atoms with Crippen LogP contribution in [0.2, 0.25) is 0 Å². The van der Waals surface area contributed by atoms with Crippen molar-refractivity contribution in [3.05, 3.63) is 0 Å². The van der Waals surface area contributed by atoms with Crippen LogP contribution < -0.4 is 5.73 Å². The van der Waals surface area contributed by atoms with Crippen molar-refractivity contribution in [1.29, 1.82) is 0 Å². The van der Waals surface area contributed by atoms with Crippen molar-refractivity contribution in [3.63, 3.8) is 0 Å². The Hall–Kier alpha value is -0.940. The largest absolute Gasteiger partial charge is 0.480 e. The summed E-state index contributed by atoms with van der Waals surface area (Å²) < 4.78 is 0. The van der Waals surface area contributed by atoms with E-state index in [-0.39, 0.29) is 12.7 Å². The monoisotopic (exact) mass is 147 g/mol. The maximum absolute atomic E-state index is 10.00. The number of hydrogen-bond acceptors (Lipinski definition) is 4. The zero-order chi connectivity index (χ0) is 8.15. The van der Waals surface area contributed by atoms with E-state index in [9.17, 15) is 9.59 Å². The van der Waals surface area contributed by atoms with Crippen LogP contribution in [0, 0.1) is 0 Å². The number of aliphatic hydroxyl groups excluding tert-OH is 1. The first-order valence-corrected chi connectivity index (χ1v) is 2.69. The average molecular weight is 147 g/mol. The number of carboxylic acids is 1. The molecule has 0 aromatic carbocycles. The van der Waals surface area contributed by atoms with E-state index in [1.165, 1.54) is 0 Å². The number of aliphatic hydroxyl groups is 1. The highest BCUT2D eigenvalue weighted by molar-refractivity contribution is 5.73. The second-order valence-corrected chi connectivity index (χ2v) is 1.88. The first-order chi connectivity index (χ1) is 4.57. The molecule has 0 aliphatic carbocycles. The molecule has 0 fully saturated rings. The number of rotatable bonds is 4. The predicted octanol–water partition coefficient (Wildman–Crippen LogP) is -1.65. The molecule has 5 nitrogen and oxygen atoms in total. The summed E-state index contributed by atoms with van der Waals surface area (Å²) >= 11 is 0. The van der Waals surface area contributed by atoms with Crippen LogP contribution in [-0.2, 0) is 9.59 Å². The van der Waals surface area contributed by atoms with Gasteiger partial charge in [0.1, 0.15) is 18.4 Å². The SMILES string of the molecule is NC(CC(O)C=O)C(=O)O. The van der Waals surface area contributed by atoms with Gasteiger partial charge in [0.15, 0.2) is 0 Å². The highest BCUT2D eigenvalue weighted by Gasteiger charge is 2.15. The third-order valence-corrected chi connectivity index (χ3v) is 0.970. The molecule has 0 spiro atoms. The molecule has 0 aliphatic rings. The minimum absolute atomic E-state index is 0.237. The van der Waals surface area contributed by atoms with Crippen molar-refractivity contribution in [2.45, 2.75) is 18.6 Å². The van der Waals surface area contributed by atoms with Gasteiger partial charge >= 0.3 is 5.97 Å². The number of aldehydes is 1. The normalized spacial score (nSPS) is 15.8. The molecule has 0 rings (SSSR count). The van der Waals surface area contributed by atoms with Crippen molar-refractivity contribution >= 4 is 12.3 Å². The van der Waals surface area contributed by atoms with Crippen molar-refractivity contribution in [1.82, 2.24) is 0 Å². The molecular weight excluding hydrogens is 138 g/mol. The van der Waals surface area contributed by atoms with Gasteiger partial charge in [-0.15, -0.1) is 0 Å². The van der Waals surface area contributed by atoms with Gasteiger partial charge in [-0.05, 0) is 0 Å². The summed E-state index contributed by atoms with van der Waals surface area (Å²) in [6.07, 6.45) is -1.26. The fourth-order valence-electron chi connectivity index (χ4n) is 0.417. The topological polar surface area (TPSA) is 101 Å². The second kappa shape index (κ2) is 3.97. The highest BCUT2D eigenvalue weighted by atomic mass is 16.4. The highest BCUT2D eigenvalue weighted by Crippen LogP contribution is 1.92. The van der Waals surface area contributed by atoms with Crippen molar-refractivity contribution in [3.8, 4) is 0 Å². The van der Waals surface area contributed by atoms with Gasteiger partial charge in [0, 0.05) is 6.42 Å². The van der Waals surface area contributed by atoms with Crippen LogP contribution in [0.15, 0.2) is 0 Å². The van der Waals surface area contributed by atoms with Gasteiger partial charge in [-0.3, -0.25) is 4.79 Å². The molecule has 0 aliphatic heterocycles. The number of aliphatic carboxylic acids is 1. The Bertz CT molecular complexity index is 136. The Kier molecular flexibility index (Phi) is 3.60. The Labute approximate surface area is 57.5 Å². The molecule has 0 aromatic rings. The predicted molar refractivity (Wildman–Crippen MR) is 32.3 cm³/mol. The van der Waals surface area contributed by atoms with E-state index >= 15 is 0 Å². The lowest BCUT2D eigenvalue weighted by Gasteiger charge is -2.05. The molecule has 0 bridgehead atoms. The molecule has 0 radical (unpaired) electrons. The molecule has 0 heterocycles. The Balaban J connectivity index is 3.67. The molecule has 0 saturated heterocycles. The molecule has 10 heavy (non-hydrogen) atoms. The van der Waals surface area contributed by atoms with Crippen LogP contribution in [0.25, 0.3) is 0 Å². The molecule has 0 aromatic heterocycles. The van der Waals surface area contributed by atoms with E-state index in [4.69, 9.17) is 15.9 Å².